The number of nitrogens with one attached hydrogen (secondary N) is 1. The molecule has 0 spiro atoms. The molecule has 0 saturated carbocycles. The molecule has 6 nitrogen and oxygen atoms in total. The highest BCUT2D eigenvalue weighted by Crippen LogP contribution is 2.14. The van der Waals surface area contributed by atoms with Crippen LogP contribution in [0.25, 0.3) is 0 Å². The van der Waals surface area contributed by atoms with Gasteiger partial charge < -0.3 is 15.0 Å². The molecular formula is C22H26FN3O3. The normalized spacial score (nSPS) is 14.5. The average Bonchev–Trinajstić information content (AvgIpc) is 2.74. The number of benzene rings is 2. The maximum Gasteiger partial charge on any atom is 0.260 e. The molecule has 0 atom stereocenters. The van der Waals surface area contributed by atoms with E-state index in [1.54, 1.807) is 4.90 Å². The first kappa shape index (κ1) is 20.8. The van der Waals surface area contributed by atoms with Crippen LogP contribution in [0.5, 0.6) is 5.75 Å². The van der Waals surface area contributed by atoms with Crippen LogP contribution in [0.1, 0.15) is 12.5 Å². The third-order valence-corrected chi connectivity index (χ3v) is 4.89. The predicted octanol–water partition coefficient (Wildman–Crippen LogP) is 2.55. The minimum atomic E-state index is -0.342. The van der Waals surface area contributed by atoms with Gasteiger partial charge in [0, 0.05) is 31.9 Å². The summed E-state index contributed by atoms with van der Waals surface area (Å²) in [5, 5.41) is 2.75. The number of hydrogen-bond donors (Lipinski definition) is 1. The van der Waals surface area contributed by atoms with Crippen molar-refractivity contribution in [1.82, 2.24) is 9.80 Å². The van der Waals surface area contributed by atoms with E-state index in [0.717, 1.165) is 6.42 Å². The average molecular weight is 399 g/mol. The van der Waals surface area contributed by atoms with E-state index < -0.39 is 0 Å². The highest BCUT2D eigenvalue weighted by atomic mass is 19.1. The molecule has 2 aromatic carbocycles. The third-order valence-electron chi connectivity index (χ3n) is 4.89. The van der Waals surface area contributed by atoms with Gasteiger partial charge in [0.15, 0.2) is 6.61 Å². The van der Waals surface area contributed by atoms with Crippen LogP contribution >= 0.6 is 0 Å². The first-order chi connectivity index (χ1) is 14.0. The molecule has 29 heavy (non-hydrogen) atoms. The first-order valence-corrected chi connectivity index (χ1v) is 9.81. The lowest BCUT2D eigenvalue weighted by Gasteiger charge is -2.34. The van der Waals surface area contributed by atoms with E-state index in [1.807, 2.05) is 29.2 Å². The molecule has 1 saturated heterocycles. The van der Waals surface area contributed by atoms with E-state index in [1.165, 1.54) is 29.8 Å². The van der Waals surface area contributed by atoms with Crippen molar-refractivity contribution in [2.24, 2.45) is 0 Å². The van der Waals surface area contributed by atoms with Crippen LogP contribution < -0.4 is 10.1 Å². The van der Waals surface area contributed by atoms with Crippen LogP contribution in [0.3, 0.4) is 0 Å². The zero-order chi connectivity index (χ0) is 20.6. The molecule has 1 N–H and O–H groups in total. The van der Waals surface area contributed by atoms with Gasteiger partial charge >= 0.3 is 0 Å². The molecular weight excluding hydrogens is 373 g/mol. The summed E-state index contributed by atoms with van der Waals surface area (Å²) in [6, 6.07) is 13.4. The van der Waals surface area contributed by atoms with Gasteiger partial charge in [-0.25, -0.2) is 4.39 Å². The summed E-state index contributed by atoms with van der Waals surface area (Å²) in [6.45, 7) is 4.67. The molecule has 2 amide bonds. The lowest BCUT2D eigenvalue weighted by Crippen LogP contribution is -2.51. The summed E-state index contributed by atoms with van der Waals surface area (Å²) in [7, 11) is 0. The predicted molar refractivity (Wildman–Crippen MR) is 109 cm³/mol. The Morgan fingerprint density at radius 1 is 1.07 bits per heavy atom. The molecule has 3 rings (SSSR count). The molecule has 7 heteroatoms. The molecule has 0 aromatic heterocycles. The highest BCUT2D eigenvalue weighted by molar-refractivity contribution is 5.92. The number of piperazine rings is 1. The second kappa shape index (κ2) is 10.0. The van der Waals surface area contributed by atoms with Crippen molar-refractivity contribution in [2.45, 2.75) is 13.3 Å². The van der Waals surface area contributed by atoms with Crippen molar-refractivity contribution in [3.63, 3.8) is 0 Å². The number of rotatable bonds is 7. The Labute approximate surface area is 170 Å². The molecule has 0 aliphatic carbocycles. The Balaban J connectivity index is 1.39. The minimum absolute atomic E-state index is 0.0121. The number of hydrogen-bond acceptors (Lipinski definition) is 4. The summed E-state index contributed by atoms with van der Waals surface area (Å²) in [5.74, 6) is 0.150. The van der Waals surface area contributed by atoms with Crippen LogP contribution in [0.15, 0.2) is 48.5 Å². The van der Waals surface area contributed by atoms with Crippen molar-refractivity contribution in [3.8, 4) is 5.75 Å². The number of aryl methyl sites for hydroxylation is 1. The van der Waals surface area contributed by atoms with E-state index >= 15 is 0 Å². The van der Waals surface area contributed by atoms with Gasteiger partial charge in [0.25, 0.3) is 5.91 Å². The molecule has 154 valence electrons. The topological polar surface area (TPSA) is 61.9 Å². The van der Waals surface area contributed by atoms with Crippen LogP contribution in [-0.2, 0) is 16.0 Å². The Bertz CT molecular complexity index is 833. The highest BCUT2D eigenvalue weighted by Gasteiger charge is 2.22. The largest absolute Gasteiger partial charge is 0.484 e. The monoisotopic (exact) mass is 399 g/mol. The summed E-state index contributed by atoms with van der Waals surface area (Å²) < 4.78 is 18.6. The van der Waals surface area contributed by atoms with Gasteiger partial charge in [-0.3, -0.25) is 14.5 Å². The van der Waals surface area contributed by atoms with Crippen LogP contribution in [0.4, 0.5) is 10.1 Å². The van der Waals surface area contributed by atoms with Gasteiger partial charge in [0.2, 0.25) is 5.91 Å². The van der Waals surface area contributed by atoms with Crippen LogP contribution in [-0.4, -0.2) is 60.9 Å². The smallest absolute Gasteiger partial charge is 0.260 e. The number of nitrogens with zero attached hydrogens (tertiary/aromatic N) is 2. The van der Waals surface area contributed by atoms with Crippen LogP contribution in [0.2, 0.25) is 0 Å². The molecule has 1 heterocycles. The summed E-state index contributed by atoms with van der Waals surface area (Å²) >= 11 is 0. The third kappa shape index (κ3) is 6.29. The second-order valence-corrected chi connectivity index (χ2v) is 7.00. The van der Waals surface area contributed by atoms with E-state index in [0.29, 0.717) is 37.6 Å². The summed E-state index contributed by atoms with van der Waals surface area (Å²) in [6.07, 6.45) is 0.918. The van der Waals surface area contributed by atoms with Crippen molar-refractivity contribution < 1.29 is 18.7 Å². The lowest BCUT2D eigenvalue weighted by molar-refractivity contribution is -0.135. The number of carbonyl (C=O) groups is 2. The van der Waals surface area contributed by atoms with E-state index in [2.05, 4.69) is 12.2 Å². The van der Waals surface area contributed by atoms with Gasteiger partial charge in [-0.1, -0.05) is 19.1 Å². The van der Waals surface area contributed by atoms with Crippen LogP contribution in [0, 0.1) is 5.82 Å². The minimum Gasteiger partial charge on any atom is -0.484 e. The van der Waals surface area contributed by atoms with Gasteiger partial charge in [0.05, 0.1) is 6.54 Å². The molecule has 2 aromatic rings. The molecule has 1 aliphatic rings. The van der Waals surface area contributed by atoms with E-state index in [9.17, 15) is 14.0 Å². The van der Waals surface area contributed by atoms with Crippen molar-refractivity contribution in [2.75, 3.05) is 44.6 Å². The van der Waals surface area contributed by atoms with E-state index in [-0.39, 0.29) is 30.8 Å². The van der Waals surface area contributed by atoms with Crippen molar-refractivity contribution >= 4 is 17.5 Å². The lowest BCUT2D eigenvalue weighted by atomic mass is 10.2. The Morgan fingerprint density at radius 2 is 1.79 bits per heavy atom. The second-order valence-electron chi connectivity index (χ2n) is 7.00. The molecule has 0 unspecified atom stereocenters. The molecule has 0 bridgehead atoms. The fourth-order valence-electron chi connectivity index (χ4n) is 3.18. The van der Waals surface area contributed by atoms with Crippen molar-refractivity contribution in [3.05, 3.63) is 59.9 Å². The number of carbonyl (C=O) groups excluding carboxylic acids is 2. The molecule has 1 aliphatic heterocycles. The zero-order valence-electron chi connectivity index (χ0n) is 16.6. The maximum atomic E-state index is 12.9. The Hall–Kier alpha value is -2.93. The van der Waals surface area contributed by atoms with E-state index in [4.69, 9.17) is 4.74 Å². The van der Waals surface area contributed by atoms with Gasteiger partial charge in [-0.05, 0) is 48.4 Å². The number of anilines is 1. The number of ether oxygens (including phenoxy) is 1. The Morgan fingerprint density at radius 3 is 2.48 bits per heavy atom. The zero-order valence-corrected chi connectivity index (χ0v) is 16.6. The molecule has 1 fully saturated rings. The number of halogens is 1. The first-order valence-electron chi connectivity index (χ1n) is 9.81. The fraction of sp³-hybridized carbons (Fsp3) is 0.364. The summed E-state index contributed by atoms with van der Waals surface area (Å²) in [5.41, 5.74) is 1.73. The quantitative estimate of drug-likeness (QED) is 0.777. The maximum absolute atomic E-state index is 12.9. The van der Waals surface area contributed by atoms with Gasteiger partial charge in [-0.15, -0.1) is 0 Å². The van der Waals surface area contributed by atoms with Crippen molar-refractivity contribution in [1.29, 1.82) is 0 Å². The number of amides is 2. The van der Waals surface area contributed by atoms with Gasteiger partial charge in [0.1, 0.15) is 11.6 Å². The standard InChI is InChI=1S/C22H26FN3O3/c1-2-17-4-3-5-20(14-17)29-16-22(28)26-12-10-25(11-13-26)15-21(27)24-19-8-6-18(23)7-9-19/h3-9,14H,2,10-13,15-16H2,1H3,(H,24,27). The summed E-state index contributed by atoms with van der Waals surface area (Å²) in [4.78, 5) is 28.3. The fourth-order valence-corrected chi connectivity index (χ4v) is 3.18. The molecule has 0 radical (unpaired) electrons. The Kier molecular flexibility index (Phi) is 7.19. The van der Waals surface area contributed by atoms with Gasteiger partial charge in [-0.2, -0.15) is 0 Å². The SMILES string of the molecule is CCc1cccc(OCC(=O)N2CCN(CC(=O)Nc3ccc(F)cc3)CC2)c1.